The van der Waals surface area contributed by atoms with Crippen molar-refractivity contribution in [2.24, 2.45) is 5.92 Å². The van der Waals surface area contributed by atoms with Crippen molar-refractivity contribution in [2.75, 3.05) is 7.11 Å². The van der Waals surface area contributed by atoms with E-state index >= 15 is 0 Å². The number of ether oxygens (including phenoxy) is 1. The molecular weight excluding hydrogens is 472 g/mol. The molecule has 2 heterocycles. The maximum atomic E-state index is 9.83. The molecule has 6 nitrogen and oxygen atoms in total. The number of halogens is 1. The van der Waals surface area contributed by atoms with E-state index < -0.39 is 0 Å². The van der Waals surface area contributed by atoms with Crippen LogP contribution < -0.4 is 4.74 Å². The zero-order valence-electron chi connectivity index (χ0n) is 21.3. The van der Waals surface area contributed by atoms with E-state index in [0.29, 0.717) is 39.3 Å². The Balaban J connectivity index is 1.53. The molecule has 7 heteroatoms. The van der Waals surface area contributed by atoms with Crippen molar-refractivity contribution in [1.29, 1.82) is 5.26 Å². The first-order chi connectivity index (χ1) is 17.1. The first-order valence-electron chi connectivity index (χ1n) is 11.9. The number of nitriles is 1. The van der Waals surface area contributed by atoms with Crippen molar-refractivity contribution in [2.45, 2.75) is 51.6 Å². The largest absolute Gasteiger partial charge is 0.454 e. The Morgan fingerprint density at radius 3 is 2.44 bits per heavy atom. The van der Waals surface area contributed by atoms with Gasteiger partial charge in [0.25, 0.3) is 0 Å². The van der Waals surface area contributed by atoms with Gasteiger partial charge in [0.15, 0.2) is 0 Å². The maximum absolute atomic E-state index is 9.83. The van der Waals surface area contributed by atoms with Crippen molar-refractivity contribution in [3.8, 4) is 28.8 Å². The summed E-state index contributed by atoms with van der Waals surface area (Å²) < 4.78 is 6.08. The molecule has 0 spiro atoms. The van der Waals surface area contributed by atoms with Gasteiger partial charge in [-0.15, -0.1) is 0 Å². The molecule has 2 aromatic carbocycles. The average Bonchev–Trinajstić information content (AvgIpc) is 2.83. The Labute approximate surface area is 218 Å². The maximum Gasteiger partial charge on any atom is 0.146 e. The summed E-state index contributed by atoms with van der Waals surface area (Å²) in [5.74, 6) is 1.33. The van der Waals surface area contributed by atoms with Gasteiger partial charge in [-0.3, -0.25) is 0 Å². The van der Waals surface area contributed by atoms with E-state index in [-0.39, 0.29) is 11.1 Å². The van der Waals surface area contributed by atoms with E-state index in [9.17, 15) is 5.26 Å². The van der Waals surface area contributed by atoms with E-state index in [1.807, 2.05) is 30.3 Å². The standard InChI is InChI=1S/C29H31ClN4O2/c1-28(2)16-21(17-29(3,4)34(28)35-5)10-9-20-11-12-27(24(30)15-20)36-26-8-6-7-22(23(26)18-31)25-13-14-32-19-33-25/h6-15,19,21H,16-17H2,1-5H3/b10-9+. The number of hydroxylamine groups is 2. The van der Waals surface area contributed by atoms with Crippen molar-refractivity contribution >= 4 is 17.7 Å². The smallest absolute Gasteiger partial charge is 0.146 e. The van der Waals surface area contributed by atoms with E-state index in [1.54, 1.807) is 25.4 Å². The molecule has 36 heavy (non-hydrogen) atoms. The second-order valence-corrected chi connectivity index (χ2v) is 10.7. The predicted octanol–water partition coefficient (Wildman–Crippen LogP) is 7.30. The molecule has 186 valence electrons. The second-order valence-electron chi connectivity index (χ2n) is 10.3. The minimum atomic E-state index is -0.0698. The Morgan fingerprint density at radius 2 is 1.83 bits per heavy atom. The van der Waals surface area contributed by atoms with E-state index in [0.717, 1.165) is 18.4 Å². The monoisotopic (exact) mass is 502 g/mol. The molecule has 0 aliphatic carbocycles. The normalized spacial score (nSPS) is 17.7. The summed E-state index contributed by atoms with van der Waals surface area (Å²) in [4.78, 5) is 13.9. The molecule has 3 aromatic rings. The molecule has 1 aliphatic heterocycles. The lowest BCUT2D eigenvalue weighted by Crippen LogP contribution is -2.59. The van der Waals surface area contributed by atoms with Gasteiger partial charge in [0.05, 0.1) is 17.8 Å². The van der Waals surface area contributed by atoms with E-state index in [4.69, 9.17) is 21.2 Å². The third-order valence-electron chi connectivity index (χ3n) is 6.54. The Morgan fingerprint density at radius 1 is 1.08 bits per heavy atom. The molecule has 0 amide bonds. The highest BCUT2D eigenvalue weighted by Crippen LogP contribution is 2.42. The fourth-order valence-corrected chi connectivity index (χ4v) is 5.66. The molecule has 0 atom stereocenters. The molecular formula is C29H31ClN4O2. The van der Waals surface area contributed by atoms with Crippen molar-refractivity contribution in [3.05, 3.63) is 77.2 Å². The van der Waals surface area contributed by atoms with Crippen LogP contribution in [0.1, 0.15) is 51.7 Å². The number of rotatable bonds is 6. The van der Waals surface area contributed by atoms with Crippen LogP contribution in [0, 0.1) is 17.2 Å². The van der Waals surface area contributed by atoms with Crippen LogP contribution in [0.5, 0.6) is 11.5 Å². The van der Waals surface area contributed by atoms with Crippen LogP contribution in [-0.2, 0) is 4.84 Å². The predicted molar refractivity (Wildman–Crippen MR) is 142 cm³/mol. The number of hydrogen-bond donors (Lipinski definition) is 0. The molecule has 0 unspecified atom stereocenters. The number of nitrogens with zero attached hydrogens (tertiary/aromatic N) is 4. The minimum absolute atomic E-state index is 0.0698. The average molecular weight is 503 g/mol. The van der Waals surface area contributed by atoms with Gasteiger partial charge in [0.1, 0.15) is 29.5 Å². The van der Waals surface area contributed by atoms with Gasteiger partial charge in [0, 0.05) is 22.8 Å². The van der Waals surface area contributed by atoms with Crippen LogP contribution in [0.2, 0.25) is 5.02 Å². The quantitative estimate of drug-likeness (QED) is 0.352. The Kier molecular flexibility index (Phi) is 7.46. The number of hydrogen-bond acceptors (Lipinski definition) is 6. The van der Waals surface area contributed by atoms with Crippen LogP contribution in [0.25, 0.3) is 17.3 Å². The van der Waals surface area contributed by atoms with Gasteiger partial charge in [-0.25, -0.2) is 9.97 Å². The van der Waals surface area contributed by atoms with Crippen LogP contribution in [-0.4, -0.2) is 33.2 Å². The highest BCUT2D eigenvalue weighted by atomic mass is 35.5. The zero-order chi connectivity index (χ0) is 25.9. The SMILES string of the molecule is CON1C(C)(C)CC(/C=C/c2ccc(Oc3cccc(-c4ccncn4)c3C#N)c(Cl)c2)CC1(C)C. The molecule has 0 bridgehead atoms. The fourth-order valence-electron chi connectivity index (χ4n) is 5.44. The molecule has 0 saturated carbocycles. The first kappa shape index (κ1) is 25.8. The number of aromatic nitrogens is 2. The summed E-state index contributed by atoms with van der Waals surface area (Å²) >= 11 is 6.60. The van der Waals surface area contributed by atoms with Crippen LogP contribution in [0.4, 0.5) is 0 Å². The summed E-state index contributed by atoms with van der Waals surface area (Å²) in [6.45, 7) is 8.87. The third-order valence-corrected chi connectivity index (χ3v) is 6.83. The Bertz CT molecular complexity index is 1280. The minimum Gasteiger partial charge on any atom is -0.454 e. The number of allylic oxidation sites excluding steroid dienone is 1. The molecule has 0 N–H and O–H groups in total. The lowest BCUT2D eigenvalue weighted by atomic mass is 9.75. The molecule has 4 rings (SSSR count). The van der Waals surface area contributed by atoms with E-state index in [2.05, 4.69) is 60.9 Å². The van der Waals surface area contributed by atoms with Crippen molar-refractivity contribution in [1.82, 2.24) is 15.0 Å². The lowest BCUT2D eigenvalue weighted by molar-refractivity contribution is -0.269. The van der Waals surface area contributed by atoms with Crippen molar-refractivity contribution < 1.29 is 9.57 Å². The summed E-state index contributed by atoms with van der Waals surface area (Å²) in [6.07, 6.45) is 9.47. The van der Waals surface area contributed by atoms with Gasteiger partial charge in [-0.05, 0) is 76.3 Å². The summed E-state index contributed by atoms with van der Waals surface area (Å²) in [7, 11) is 1.75. The fraction of sp³-hybridized carbons (Fsp3) is 0.345. The molecule has 1 saturated heterocycles. The summed E-state index contributed by atoms with van der Waals surface area (Å²) in [6, 6.07) is 15.1. The Hall–Kier alpha value is -3.24. The topological polar surface area (TPSA) is 71.3 Å². The van der Waals surface area contributed by atoms with E-state index in [1.165, 1.54) is 6.33 Å². The molecule has 1 aliphatic rings. The van der Waals surface area contributed by atoms with Crippen LogP contribution in [0.3, 0.4) is 0 Å². The first-order valence-corrected chi connectivity index (χ1v) is 12.3. The molecule has 0 radical (unpaired) electrons. The van der Waals surface area contributed by atoms with Crippen LogP contribution in [0.15, 0.2) is 61.1 Å². The van der Waals surface area contributed by atoms with Crippen LogP contribution >= 0.6 is 11.6 Å². The molecule has 1 aromatic heterocycles. The zero-order valence-corrected chi connectivity index (χ0v) is 22.1. The highest BCUT2D eigenvalue weighted by molar-refractivity contribution is 6.32. The van der Waals surface area contributed by atoms with Gasteiger partial charge in [0.2, 0.25) is 0 Å². The molecule has 1 fully saturated rings. The summed E-state index contributed by atoms with van der Waals surface area (Å²) in [5.41, 5.74) is 2.58. The lowest BCUT2D eigenvalue weighted by Gasteiger charge is -2.53. The number of piperidine rings is 1. The summed E-state index contributed by atoms with van der Waals surface area (Å²) in [5, 5.41) is 12.4. The highest BCUT2D eigenvalue weighted by Gasteiger charge is 2.45. The van der Waals surface area contributed by atoms with Gasteiger partial charge < -0.3 is 9.57 Å². The van der Waals surface area contributed by atoms with Crippen molar-refractivity contribution in [3.63, 3.8) is 0 Å². The van der Waals surface area contributed by atoms with Gasteiger partial charge in [-0.1, -0.05) is 42.0 Å². The second kappa shape index (κ2) is 10.4. The third kappa shape index (κ3) is 5.44. The van der Waals surface area contributed by atoms with Gasteiger partial charge >= 0.3 is 0 Å². The number of benzene rings is 2. The van der Waals surface area contributed by atoms with Gasteiger partial charge in [-0.2, -0.15) is 10.3 Å².